The maximum absolute atomic E-state index is 11.2. The van der Waals surface area contributed by atoms with Gasteiger partial charge in [-0.2, -0.15) is 0 Å². The second-order valence-corrected chi connectivity index (χ2v) is 4.78. The lowest BCUT2D eigenvalue weighted by molar-refractivity contribution is 0.0693. The molecule has 0 saturated heterocycles. The first-order chi connectivity index (χ1) is 9.56. The first kappa shape index (κ1) is 14.2. The van der Waals surface area contributed by atoms with Crippen LogP contribution >= 0.6 is 0 Å². The van der Waals surface area contributed by atoms with Gasteiger partial charge in [-0.1, -0.05) is 31.5 Å². The summed E-state index contributed by atoms with van der Waals surface area (Å²) in [7, 11) is 0. The average molecular weight is 274 g/mol. The maximum atomic E-state index is 11.2. The highest BCUT2D eigenvalue weighted by molar-refractivity contribution is 6.04. The largest absolute Gasteiger partial charge is 0.506 e. The zero-order valence-corrected chi connectivity index (χ0v) is 11.6. The topological polar surface area (TPSA) is 66.8 Å². The number of hydrogen-bond donors (Lipinski definition) is 2. The van der Waals surface area contributed by atoms with Crippen LogP contribution in [-0.4, -0.2) is 22.8 Å². The van der Waals surface area contributed by atoms with E-state index >= 15 is 0 Å². The van der Waals surface area contributed by atoms with Crippen LogP contribution in [0, 0.1) is 6.92 Å². The van der Waals surface area contributed by atoms with Crippen LogP contribution < -0.4 is 4.74 Å². The van der Waals surface area contributed by atoms with Crippen molar-refractivity contribution in [3.8, 4) is 11.5 Å². The van der Waals surface area contributed by atoms with Gasteiger partial charge in [-0.15, -0.1) is 0 Å². The SMILES string of the molecule is CCCCOc1cc(C(=O)O)c(O)c2cccc(C)c12. The van der Waals surface area contributed by atoms with E-state index in [1.807, 2.05) is 13.0 Å². The summed E-state index contributed by atoms with van der Waals surface area (Å²) in [5.74, 6) is -0.855. The van der Waals surface area contributed by atoms with E-state index in [2.05, 4.69) is 6.92 Å². The summed E-state index contributed by atoms with van der Waals surface area (Å²) in [5.41, 5.74) is 0.816. The molecule has 4 nitrogen and oxygen atoms in total. The first-order valence-electron chi connectivity index (χ1n) is 6.67. The fourth-order valence-electron chi connectivity index (χ4n) is 2.21. The molecule has 20 heavy (non-hydrogen) atoms. The predicted molar refractivity (Wildman–Crippen MR) is 77.7 cm³/mol. The van der Waals surface area contributed by atoms with Crippen molar-refractivity contribution < 1.29 is 19.7 Å². The maximum Gasteiger partial charge on any atom is 0.339 e. The second-order valence-electron chi connectivity index (χ2n) is 4.78. The van der Waals surface area contributed by atoms with Crippen molar-refractivity contribution in [3.63, 3.8) is 0 Å². The molecule has 2 aromatic rings. The zero-order valence-electron chi connectivity index (χ0n) is 11.6. The Hall–Kier alpha value is -2.23. The minimum Gasteiger partial charge on any atom is -0.506 e. The van der Waals surface area contributed by atoms with E-state index in [-0.39, 0.29) is 11.3 Å². The Labute approximate surface area is 117 Å². The summed E-state index contributed by atoms with van der Waals surface area (Å²) < 4.78 is 5.71. The van der Waals surface area contributed by atoms with Gasteiger partial charge in [0.25, 0.3) is 0 Å². The molecule has 0 aliphatic rings. The van der Waals surface area contributed by atoms with Gasteiger partial charge >= 0.3 is 5.97 Å². The van der Waals surface area contributed by atoms with Crippen molar-refractivity contribution in [3.05, 3.63) is 35.4 Å². The molecule has 2 rings (SSSR count). The molecule has 0 aromatic heterocycles. The number of unbranched alkanes of at least 4 members (excludes halogenated alkanes) is 1. The Morgan fingerprint density at radius 1 is 1.35 bits per heavy atom. The number of rotatable bonds is 5. The van der Waals surface area contributed by atoms with Gasteiger partial charge in [-0.05, 0) is 25.0 Å². The third-order valence-electron chi connectivity index (χ3n) is 3.29. The molecule has 0 fully saturated rings. The lowest BCUT2D eigenvalue weighted by atomic mass is 10.0. The molecule has 0 aliphatic heterocycles. The number of benzene rings is 2. The van der Waals surface area contributed by atoms with Crippen LogP contribution in [0.25, 0.3) is 10.8 Å². The van der Waals surface area contributed by atoms with Crippen LogP contribution in [0.1, 0.15) is 35.7 Å². The first-order valence-corrected chi connectivity index (χ1v) is 6.67. The molecule has 106 valence electrons. The fraction of sp³-hybridized carbons (Fsp3) is 0.312. The third-order valence-corrected chi connectivity index (χ3v) is 3.29. The lowest BCUT2D eigenvalue weighted by Gasteiger charge is -2.14. The van der Waals surface area contributed by atoms with Crippen LogP contribution in [0.15, 0.2) is 24.3 Å². The Morgan fingerprint density at radius 3 is 2.75 bits per heavy atom. The summed E-state index contributed by atoms with van der Waals surface area (Å²) in [6.07, 6.45) is 1.90. The van der Waals surface area contributed by atoms with Crippen LogP contribution in [0.2, 0.25) is 0 Å². The van der Waals surface area contributed by atoms with Gasteiger partial charge in [-0.3, -0.25) is 0 Å². The van der Waals surface area contributed by atoms with Gasteiger partial charge in [0.05, 0.1) is 6.61 Å². The Balaban J connectivity index is 2.64. The van der Waals surface area contributed by atoms with E-state index in [0.717, 1.165) is 23.8 Å². The molecular weight excluding hydrogens is 256 g/mol. The summed E-state index contributed by atoms with van der Waals surface area (Å²) >= 11 is 0. The Morgan fingerprint density at radius 2 is 2.10 bits per heavy atom. The number of aryl methyl sites for hydroxylation is 1. The van der Waals surface area contributed by atoms with Gasteiger partial charge in [0, 0.05) is 10.8 Å². The Kier molecular flexibility index (Phi) is 4.13. The summed E-state index contributed by atoms with van der Waals surface area (Å²) in [4.78, 5) is 11.2. The van der Waals surface area contributed by atoms with Crippen LogP contribution in [0.5, 0.6) is 11.5 Å². The number of fused-ring (bicyclic) bond motifs is 1. The third kappa shape index (κ3) is 2.54. The number of carboxylic acid groups (broad SMARTS) is 1. The molecule has 0 aliphatic carbocycles. The van der Waals surface area contributed by atoms with Crippen molar-refractivity contribution in [1.82, 2.24) is 0 Å². The van der Waals surface area contributed by atoms with Gasteiger partial charge in [0.15, 0.2) is 0 Å². The minimum atomic E-state index is -1.16. The van der Waals surface area contributed by atoms with Crippen molar-refractivity contribution in [2.75, 3.05) is 6.61 Å². The van der Waals surface area contributed by atoms with Crippen molar-refractivity contribution in [2.45, 2.75) is 26.7 Å². The van der Waals surface area contributed by atoms with Crippen molar-refractivity contribution in [2.24, 2.45) is 0 Å². The van der Waals surface area contributed by atoms with E-state index in [0.29, 0.717) is 17.7 Å². The molecule has 2 N–H and O–H groups in total. The highest BCUT2D eigenvalue weighted by Gasteiger charge is 2.18. The van der Waals surface area contributed by atoms with Gasteiger partial charge in [0.2, 0.25) is 0 Å². The van der Waals surface area contributed by atoms with E-state index < -0.39 is 5.97 Å². The number of aromatic carboxylic acids is 1. The smallest absolute Gasteiger partial charge is 0.339 e. The van der Waals surface area contributed by atoms with E-state index in [4.69, 9.17) is 4.74 Å². The normalized spacial score (nSPS) is 10.7. The minimum absolute atomic E-state index is 0.130. The predicted octanol–water partition coefficient (Wildman–Crippen LogP) is 3.73. The second kappa shape index (κ2) is 5.82. The highest BCUT2D eigenvalue weighted by Crippen LogP contribution is 2.38. The molecule has 0 saturated carbocycles. The standard InChI is InChI=1S/C16H18O4/c1-3-4-8-20-13-9-12(16(18)19)15(17)11-7-5-6-10(2)14(11)13/h5-7,9,17H,3-4,8H2,1-2H3,(H,18,19). The molecule has 0 heterocycles. The summed E-state index contributed by atoms with van der Waals surface area (Å²) in [5, 5.41) is 20.6. The summed E-state index contributed by atoms with van der Waals surface area (Å²) in [6, 6.07) is 6.81. The molecule has 0 unspecified atom stereocenters. The van der Waals surface area contributed by atoms with Crippen molar-refractivity contribution >= 4 is 16.7 Å². The average Bonchev–Trinajstić information content (AvgIpc) is 2.41. The quantitative estimate of drug-likeness (QED) is 0.815. The number of carbonyl (C=O) groups is 1. The van der Waals surface area contributed by atoms with Gasteiger partial charge < -0.3 is 14.9 Å². The van der Waals surface area contributed by atoms with Crippen LogP contribution in [0.4, 0.5) is 0 Å². The monoisotopic (exact) mass is 274 g/mol. The Bertz CT molecular complexity index is 646. The molecule has 0 radical (unpaired) electrons. The fourth-order valence-corrected chi connectivity index (χ4v) is 2.21. The number of aromatic hydroxyl groups is 1. The van der Waals surface area contributed by atoms with Crippen LogP contribution in [-0.2, 0) is 0 Å². The van der Waals surface area contributed by atoms with E-state index in [1.165, 1.54) is 6.07 Å². The van der Waals surface area contributed by atoms with Crippen molar-refractivity contribution in [1.29, 1.82) is 0 Å². The van der Waals surface area contributed by atoms with Gasteiger partial charge in [-0.25, -0.2) is 4.79 Å². The molecule has 2 aromatic carbocycles. The zero-order chi connectivity index (χ0) is 14.7. The number of hydrogen-bond acceptors (Lipinski definition) is 3. The molecule has 0 bridgehead atoms. The molecular formula is C16H18O4. The van der Waals surface area contributed by atoms with Crippen LogP contribution in [0.3, 0.4) is 0 Å². The highest BCUT2D eigenvalue weighted by atomic mass is 16.5. The summed E-state index contributed by atoms with van der Waals surface area (Å²) in [6.45, 7) is 4.50. The molecule has 0 spiro atoms. The van der Waals surface area contributed by atoms with E-state index in [1.54, 1.807) is 12.1 Å². The van der Waals surface area contributed by atoms with Gasteiger partial charge in [0.1, 0.15) is 17.1 Å². The lowest BCUT2D eigenvalue weighted by Crippen LogP contribution is -2.02. The number of carboxylic acids is 1. The molecule has 0 atom stereocenters. The van der Waals surface area contributed by atoms with E-state index in [9.17, 15) is 15.0 Å². The number of phenols is 1. The molecule has 4 heteroatoms. The molecule has 0 amide bonds. The number of ether oxygens (including phenoxy) is 1.